The van der Waals surface area contributed by atoms with Crippen molar-refractivity contribution in [2.75, 3.05) is 38.3 Å². The molecule has 6 nitrogen and oxygen atoms in total. The molecule has 3 rings (SSSR count). The van der Waals surface area contributed by atoms with Crippen molar-refractivity contribution in [2.45, 2.75) is 6.92 Å². The average molecular weight is 260 g/mol. The molecule has 1 saturated heterocycles. The predicted octanol–water partition coefficient (Wildman–Crippen LogP) is 1.18. The van der Waals surface area contributed by atoms with Crippen molar-refractivity contribution in [3.05, 3.63) is 18.0 Å². The highest BCUT2D eigenvalue weighted by Gasteiger charge is 2.15. The van der Waals surface area contributed by atoms with Gasteiger partial charge in [-0.25, -0.2) is 15.0 Å². The maximum atomic E-state index is 5.38. The minimum Gasteiger partial charge on any atom is -0.494 e. The highest BCUT2D eigenvalue weighted by molar-refractivity contribution is 5.81. The number of rotatable bonds is 2. The summed E-state index contributed by atoms with van der Waals surface area (Å²) < 4.78 is 10.7. The van der Waals surface area contributed by atoms with Gasteiger partial charge < -0.3 is 14.4 Å². The second-order valence-corrected chi connectivity index (χ2v) is 4.47. The van der Waals surface area contributed by atoms with E-state index in [-0.39, 0.29) is 0 Å². The second kappa shape index (κ2) is 4.97. The molecule has 0 spiro atoms. The number of anilines is 1. The molecule has 0 saturated carbocycles. The zero-order valence-corrected chi connectivity index (χ0v) is 11.1. The number of ether oxygens (including phenoxy) is 2. The molecule has 1 fully saturated rings. The number of hydrogen-bond acceptors (Lipinski definition) is 6. The van der Waals surface area contributed by atoms with Crippen LogP contribution in [0.4, 0.5) is 5.95 Å². The fourth-order valence-electron chi connectivity index (χ4n) is 2.18. The van der Waals surface area contributed by atoms with Crippen LogP contribution in [0.5, 0.6) is 5.75 Å². The van der Waals surface area contributed by atoms with Gasteiger partial charge in [0, 0.05) is 24.8 Å². The molecule has 0 amide bonds. The van der Waals surface area contributed by atoms with Gasteiger partial charge in [-0.3, -0.25) is 0 Å². The van der Waals surface area contributed by atoms with Crippen LogP contribution in [-0.4, -0.2) is 48.4 Å². The van der Waals surface area contributed by atoms with E-state index in [4.69, 9.17) is 9.47 Å². The van der Waals surface area contributed by atoms with Gasteiger partial charge >= 0.3 is 0 Å². The summed E-state index contributed by atoms with van der Waals surface area (Å²) in [4.78, 5) is 15.5. The van der Waals surface area contributed by atoms with Gasteiger partial charge in [-0.15, -0.1) is 0 Å². The topological polar surface area (TPSA) is 60.4 Å². The van der Waals surface area contributed by atoms with E-state index in [1.165, 1.54) is 0 Å². The number of pyridine rings is 1. The van der Waals surface area contributed by atoms with Gasteiger partial charge in [0.2, 0.25) is 5.95 Å². The SMILES string of the molecule is COc1cc(C)nc2cnc(N3CCOCC3)nc12. The van der Waals surface area contributed by atoms with Crippen LogP contribution in [-0.2, 0) is 4.74 Å². The number of nitrogens with zero attached hydrogens (tertiary/aromatic N) is 4. The summed E-state index contributed by atoms with van der Waals surface area (Å²) in [6.07, 6.45) is 1.75. The van der Waals surface area contributed by atoms with Crippen LogP contribution in [0.2, 0.25) is 0 Å². The van der Waals surface area contributed by atoms with E-state index in [0.29, 0.717) is 19.2 Å². The normalized spacial score (nSPS) is 15.8. The lowest BCUT2D eigenvalue weighted by atomic mass is 10.3. The van der Waals surface area contributed by atoms with E-state index in [1.807, 2.05) is 13.0 Å². The van der Waals surface area contributed by atoms with Crippen LogP contribution in [0.25, 0.3) is 11.0 Å². The Labute approximate surface area is 111 Å². The number of fused-ring (bicyclic) bond motifs is 1. The van der Waals surface area contributed by atoms with Gasteiger partial charge in [0.25, 0.3) is 0 Å². The Bertz CT molecular complexity index is 596. The quantitative estimate of drug-likeness (QED) is 0.808. The molecule has 1 aliphatic rings. The standard InChI is InChI=1S/C13H16N4O2/c1-9-7-11(18-2)12-10(15-9)8-14-13(16-12)17-3-5-19-6-4-17/h7-8H,3-6H2,1-2H3. The van der Waals surface area contributed by atoms with Crippen molar-refractivity contribution in [1.82, 2.24) is 15.0 Å². The van der Waals surface area contributed by atoms with E-state index < -0.39 is 0 Å². The van der Waals surface area contributed by atoms with Crippen molar-refractivity contribution in [2.24, 2.45) is 0 Å². The van der Waals surface area contributed by atoms with Gasteiger partial charge in [0.1, 0.15) is 16.8 Å². The van der Waals surface area contributed by atoms with Crippen LogP contribution < -0.4 is 9.64 Å². The molecule has 0 aliphatic carbocycles. The van der Waals surface area contributed by atoms with Gasteiger partial charge in [-0.05, 0) is 6.92 Å². The third kappa shape index (κ3) is 2.31. The van der Waals surface area contributed by atoms with E-state index in [2.05, 4.69) is 19.9 Å². The van der Waals surface area contributed by atoms with Gasteiger partial charge in [0.15, 0.2) is 0 Å². The zero-order chi connectivity index (χ0) is 13.2. The van der Waals surface area contributed by atoms with E-state index in [9.17, 15) is 0 Å². The molecule has 0 atom stereocenters. The Balaban J connectivity index is 2.06. The monoisotopic (exact) mass is 260 g/mol. The summed E-state index contributed by atoms with van der Waals surface area (Å²) in [6, 6.07) is 1.89. The summed E-state index contributed by atoms with van der Waals surface area (Å²) in [7, 11) is 1.64. The van der Waals surface area contributed by atoms with Crippen molar-refractivity contribution in [3.63, 3.8) is 0 Å². The first kappa shape index (κ1) is 12.1. The van der Waals surface area contributed by atoms with Crippen molar-refractivity contribution < 1.29 is 9.47 Å². The van der Waals surface area contributed by atoms with Crippen LogP contribution in [0.1, 0.15) is 5.69 Å². The van der Waals surface area contributed by atoms with Crippen molar-refractivity contribution in [1.29, 1.82) is 0 Å². The third-order valence-corrected chi connectivity index (χ3v) is 3.14. The maximum Gasteiger partial charge on any atom is 0.226 e. The molecule has 0 bridgehead atoms. The Kier molecular flexibility index (Phi) is 3.16. The first-order valence-corrected chi connectivity index (χ1v) is 6.29. The Morgan fingerprint density at radius 1 is 1.26 bits per heavy atom. The molecule has 100 valence electrons. The van der Waals surface area contributed by atoms with E-state index in [0.717, 1.165) is 35.6 Å². The van der Waals surface area contributed by atoms with E-state index in [1.54, 1.807) is 13.3 Å². The fourth-order valence-corrected chi connectivity index (χ4v) is 2.18. The van der Waals surface area contributed by atoms with Crippen LogP contribution in [0, 0.1) is 6.92 Å². The molecular formula is C13H16N4O2. The summed E-state index contributed by atoms with van der Waals surface area (Å²) in [6.45, 7) is 4.98. The van der Waals surface area contributed by atoms with Crippen LogP contribution >= 0.6 is 0 Å². The Morgan fingerprint density at radius 2 is 2.05 bits per heavy atom. The van der Waals surface area contributed by atoms with Crippen LogP contribution in [0.3, 0.4) is 0 Å². The summed E-state index contributed by atoms with van der Waals surface area (Å²) >= 11 is 0. The third-order valence-electron chi connectivity index (χ3n) is 3.14. The molecule has 2 aromatic heterocycles. The highest BCUT2D eigenvalue weighted by Crippen LogP contribution is 2.24. The summed E-state index contributed by atoms with van der Waals surface area (Å²) in [5.74, 6) is 1.44. The lowest BCUT2D eigenvalue weighted by Gasteiger charge is -2.26. The first-order valence-electron chi connectivity index (χ1n) is 6.29. The number of methoxy groups -OCH3 is 1. The zero-order valence-electron chi connectivity index (χ0n) is 11.1. The molecule has 6 heteroatoms. The molecule has 0 N–H and O–H groups in total. The molecule has 1 aliphatic heterocycles. The Hall–Kier alpha value is -1.95. The van der Waals surface area contributed by atoms with Gasteiger partial charge in [0.05, 0.1) is 26.5 Å². The predicted molar refractivity (Wildman–Crippen MR) is 71.7 cm³/mol. The number of hydrogen-bond donors (Lipinski definition) is 0. The summed E-state index contributed by atoms with van der Waals surface area (Å²) in [5.41, 5.74) is 2.41. The number of morpholine rings is 1. The van der Waals surface area contributed by atoms with Crippen LogP contribution in [0.15, 0.2) is 12.3 Å². The molecule has 3 heterocycles. The molecule has 2 aromatic rings. The number of aromatic nitrogens is 3. The highest BCUT2D eigenvalue weighted by atomic mass is 16.5. The molecule has 0 unspecified atom stereocenters. The van der Waals surface area contributed by atoms with Crippen molar-refractivity contribution >= 4 is 17.0 Å². The fraction of sp³-hybridized carbons (Fsp3) is 0.462. The molecule has 0 radical (unpaired) electrons. The summed E-state index contributed by atoms with van der Waals surface area (Å²) in [5, 5.41) is 0. The lowest BCUT2D eigenvalue weighted by Crippen LogP contribution is -2.37. The van der Waals surface area contributed by atoms with Gasteiger partial charge in [-0.1, -0.05) is 0 Å². The Morgan fingerprint density at radius 3 is 2.79 bits per heavy atom. The second-order valence-electron chi connectivity index (χ2n) is 4.47. The number of aryl methyl sites for hydroxylation is 1. The van der Waals surface area contributed by atoms with Crippen molar-refractivity contribution in [3.8, 4) is 5.75 Å². The smallest absolute Gasteiger partial charge is 0.226 e. The van der Waals surface area contributed by atoms with Gasteiger partial charge in [-0.2, -0.15) is 0 Å². The molecule has 0 aromatic carbocycles. The molecule has 19 heavy (non-hydrogen) atoms. The first-order chi connectivity index (χ1) is 9.28. The van der Waals surface area contributed by atoms with E-state index >= 15 is 0 Å². The maximum absolute atomic E-state index is 5.38. The average Bonchev–Trinajstić information content (AvgIpc) is 2.46. The minimum atomic E-state index is 0.708. The lowest BCUT2D eigenvalue weighted by molar-refractivity contribution is 0.122. The minimum absolute atomic E-state index is 0.708. The largest absolute Gasteiger partial charge is 0.494 e. The molecular weight excluding hydrogens is 244 g/mol.